The standard InChI is InChI=1S/C32H44N4O5/c1-6-31-33-12-14-35(31)13-7-17-40-29-11-9-27(19-30(29)39-5)20-34-15-16-36(26(4)37)22-32(38,21-34)23-41-28-10-8-24(2)25(3)18-28/h8-12,14,18-19,38H,6-7,13,15-17,20-23H2,1-5H3/t32-/m1/s1. The van der Waals surface area contributed by atoms with Crippen LogP contribution in [0.15, 0.2) is 48.8 Å². The minimum atomic E-state index is -1.22. The van der Waals surface area contributed by atoms with Gasteiger partial charge in [0.25, 0.3) is 0 Å². The Morgan fingerprint density at radius 2 is 1.88 bits per heavy atom. The van der Waals surface area contributed by atoms with Crippen molar-refractivity contribution in [3.63, 3.8) is 0 Å². The number of hydrogen-bond acceptors (Lipinski definition) is 7. The largest absolute Gasteiger partial charge is 0.493 e. The number of aliphatic hydroxyl groups is 1. The molecule has 1 saturated heterocycles. The fraction of sp³-hybridized carbons (Fsp3) is 0.500. The van der Waals surface area contributed by atoms with E-state index in [1.165, 1.54) is 5.56 Å². The first-order valence-corrected chi connectivity index (χ1v) is 14.4. The zero-order chi connectivity index (χ0) is 29.4. The van der Waals surface area contributed by atoms with Crippen LogP contribution in [-0.4, -0.2) is 82.5 Å². The van der Waals surface area contributed by atoms with E-state index in [0.717, 1.165) is 36.3 Å². The molecule has 1 amide bonds. The molecule has 1 atom stereocenters. The minimum Gasteiger partial charge on any atom is -0.493 e. The molecule has 2 aromatic carbocycles. The van der Waals surface area contributed by atoms with Gasteiger partial charge in [-0.3, -0.25) is 9.69 Å². The number of amides is 1. The quantitative estimate of drug-likeness (QED) is 0.333. The average molecular weight is 565 g/mol. The highest BCUT2D eigenvalue weighted by Gasteiger charge is 2.37. The molecule has 1 aliphatic rings. The molecule has 0 saturated carbocycles. The number of carbonyl (C=O) groups is 1. The maximum absolute atomic E-state index is 12.3. The smallest absolute Gasteiger partial charge is 0.219 e. The normalized spacial score (nSPS) is 17.8. The van der Waals surface area contributed by atoms with Crippen molar-refractivity contribution in [1.82, 2.24) is 19.4 Å². The number of ether oxygens (including phenoxy) is 3. The predicted octanol–water partition coefficient (Wildman–Crippen LogP) is 4.01. The summed E-state index contributed by atoms with van der Waals surface area (Å²) in [6.07, 6.45) is 5.60. The van der Waals surface area contributed by atoms with Crippen LogP contribution in [0.5, 0.6) is 17.2 Å². The van der Waals surface area contributed by atoms with Crippen molar-refractivity contribution in [3.8, 4) is 17.2 Å². The van der Waals surface area contributed by atoms with Gasteiger partial charge in [-0.05, 0) is 61.2 Å². The van der Waals surface area contributed by atoms with Crippen molar-refractivity contribution in [3.05, 3.63) is 71.3 Å². The molecule has 1 fully saturated rings. The Bertz CT molecular complexity index is 1310. The lowest BCUT2D eigenvalue weighted by atomic mass is 10.0. The highest BCUT2D eigenvalue weighted by atomic mass is 16.5. The third-order valence-electron chi connectivity index (χ3n) is 7.67. The van der Waals surface area contributed by atoms with Crippen molar-refractivity contribution in [2.75, 3.05) is 46.5 Å². The fourth-order valence-electron chi connectivity index (χ4n) is 5.22. The van der Waals surface area contributed by atoms with E-state index in [0.29, 0.717) is 50.0 Å². The number of rotatable bonds is 12. The molecule has 4 rings (SSSR count). The second-order valence-electron chi connectivity index (χ2n) is 11.0. The minimum absolute atomic E-state index is 0.0569. The van der Waals surface area contributed by atoms with E-state index in [1.54, 1.807) is 18.9 Å². The van der Waals surface area contributed by atoms with Gasteiger partial charge in [-0.2, -0.15) is 0 Å². The van der Waals surface area contributed by atoms with Crippen molar-refractivity contribution in [2.45, 2.75) is 59.2 Å². The molecule has 3 aromatic rings. The highest BCUT2D eigenvalue weighted by molar-refractivity contribution is 5.73. The van der Waals surface area contributed by atoms with E-state index in [-0.39, 0.29) is 19.1 Å². The number of β-amino-alcohol motifs (C(OH)–C–C–N with tert-alkyl or cyclic N) is 1. The summed E-state index contributed by atoms with van der Waals surface area (Å²) >= 11 is 0. The van der Waals surface area contributed by atoms with E-state index in [2.05, 4.69) is 28.3 Å². The van der Waals surface area contributed by atoms with Crippen molar-refractivity contribution < 1.29 is 24.1 Å². The number of aromatic nitrogens is 2. The lowest BCUT2D eigenvalue weighted by Crippen LogP contribution is -2.51. The van der Waals surface area contributed by atoms with Crippen molar-refractivity contribution in [1.29, 1.82) is 0 Å². The molecule has 1 aliphatic heterocycles. The summed E-state index contributed by atoms with van der Waals surface area (Å²) < 4.78 is 19.9. The zero-order valence-corrected chi connectivity index (χ0v) is 25.1. The van der Waals surface area contributed by atoms with E-state index in [9.17, 15) is 9.90 Å². The van der Waals surface area contributed by atoms with Crippen LogP contribution in [-0.2, 0) is 24.3 Å². The van der Waals surface area contributed by atoms with Gasteiger partial charge < -0.3 is 28.8 Å². The molecule has 0 aliphatic carbocycles. The summed E-state index contributed by atoms with van der Waals surface area (Å²) in [6.45, 7) is 11.6. The van der Waals surface area contributed by atoms with Crippen LogP contribution in [0.4, 0.5) is 0 Å². The lowest BCUT2D eigenvalue weighted by Gasteiger charge is -2.33. The van der Waals surface area contributed by atoms with Gasteiger partial charge in [0.1, 0.15) is 23.8 Å². The van der Waals surface area contributed by atoms with Crippen LogP contribution in [0.2, 0.25) is 0 Å². The summed E-state index contributed by atoms with van der Waals surface area (Å²) in [6, 6.07) is 11.9. The third-order valence-corrected chi connectivity index (χ3v) is 7.67. The Kier molecular flexibility index (Phi) is 10.3. The van der Waals surface area contributed by atoms with Gasteiger partial charge in [-0.25, -0.2) is 4.98 Å². The first-order chi connectivity index (χ1) is 19.7. The second-order valence-corrected chi connectivity index (χ2v) is 11.0. The van der Waals surface area contributed by atoms with Gasteiger partial charge in [-0.15, -0.1) is 0 Å². The molecule has 9 nitrogen and oxygen atoms in total. The Morgan fingerprint density at radius 1 is 1.05 bits per heavy atom. The van der Waals surface area contributed by atoms with Gasteiger partial charge >= 0.3 is 0 Å². The second kappa shape index (κ2) is 13.9. The first kappa shape index (κ1) is 30.4. The summed E-state index contributed by atoms with van der Waals surface area (Å²) in [5.74, 6) is 3.11. The summed E-state index contributed by atoms with van der Waals surface area (Å²) in [5.41, 5.74) is 2.13. The van der Waals surface area contributed by atoms with Gasteiger partial charge in [0.05, 0.1) is 20.3 Å². The number of benzene rings is 2. The molecule has 0 unspecified atom stereocenters. The molecule has 0 radical (unpaired) electrons. The molecular weight excluding hydrogens is 520 g/mol. The molecule has 41 heavy (non-hydrogen) atoms. The fourth-order valence-corrected chi connectivity index (χ4v) is 5.22. The third kappa shape index (κ3) is 8.24. The van der Waals surface area contributed by atoms with E-state index in [4.69, 9.17) is 14.2 Å². The Morgan fingerprint density at radius 3 is 2.61 bits per heavy atom. The summed E-state index contributed by atoms with van der Waals surface area (Å²) in [7, 11) is 1.64. The maximum atomic E-state index is 12.3. The van der Waals surface area contributed by atoms with Crippen LogP contribution in [0.1, 0.15) is 42.8 Å². The Labute approximate surface area is 243 Å². The topological polar surface area (TPSA) is 89.3 Å². The van der Waals surface area contributed by atoms with Crippen molar-refractivity contribution in [2.24, 2.45) is 0 Å². The summed E-state index contributed by atoms with van der Waals surface area (Å²) in [4.78, 5) is 20.5. The van der Waals surface area contributed by atoms with Crippen LogP contribution in [0.3, 0.4) is 0 Å². The Hall–Kier alpha value is -3.56. The molecule has 9 heteroatoms. The number of carbonyl (C=O) groups excluding carboxylic acids is 1. The molecule has 2 heterocycles. The van der Waals surface area contributed by atoms with E-state index in [1.807, 2.05) is 55.7 Å². The molecule has 0 bridgehead atoms. The first-order valence-electron chi connectivity index (χ1n) is 14.4. The van der Waals surface area contributed by atoms with Crippen LogP contribution in [0, 0.1) is 13.8 Å². The number of nitrogens with zero attached hydrogens (tertiary/aromatic N) is 4. The van der Waals surface area contributed by atoms with Crippen LogP contribution in [0.25, 0.3) is 0 Å². The summed E-state index contributed by atoms with van der Waals surface area (Å²) in [5, 5.41) is 11.7. The molecule has 1 aromatic heterocycles. The van der Waals surface area contributed by atoms with Gasteiger partial charge in [0.15, 0.2) is 11.5 Å². The van der Waals surface area contributed by atoms with Gasteiger partial charge in [0.2, 0.25) is 5.91 Å². The SMILES string of the molecule is CCc1nccn1CCCOc1ccc(CN2CCN(C(C)=O)C[C@@](O)(COc3ccc(C)c(C)c3)C2)cc1OC. The molecular formula is C32H44N4O5. The Balaban J connectivity index is 1.39. The molecule has 0 spiro atoms. The van der Waals surface area contributed by atoms with E-state index < -0.39 is 5.60 Å². The van der Waals surface area contributed by atoms with Crippen LogP contribution < -0.4 is 14.2 Å². The van der Waals surface area contributed by atoms with Gasteiger partial charge in [0, 0.05) is 58.5 Å². The number of imidazole rings is 1. The number of hydrogen-bond donors (Lipinski definition) is 1. The molecule has 1 N–H and O–H groups in total. The monoisotopic (exact) mass is 564 g/mol. The predicted molar refractivity (Wildman–Crippen MR) is 159 cm³/mol. The highest BCUT2D eigenvalue weighted by Crippen LogP contribution is 2.29. The zero-order valence-electron chi connectivity index (χ0n) is 25.1. The number of methoxy groups -OCH3 is 1. The van der Waals surface area contributed by atoms with Crippen LogP contribution >= 0.6 is 0 Å². The van der Waals surface area contributed by atoms with Gasteiger partial charge in [-0.1, -0.05) is 19.1 Å². The van der Waals surface area contributed by atoms with Crippen molar-refractivity contribution >= 4 is 5.91 Å². The lowest BCUT2D eigenvalue weighted by molar-refractivity contribution is -0.132. The molecule has 222 valence electrons. The number of aryl methyl sites for hydroxylation is 4. The average Bonchev–Trinajstić information content (AvgIpc) is 3.34. The van der Waals surface area contributed by atoms with E-state index >= 15 is 0 Å². The maximum Gasteiger partial charge on any atom is 0.219 e.